The van der Waals surface area contributed by atoms with Crippen LogP contribution in [-0.4, -0.2) is 79.1 Å². The molecule has 0 aliphatic carbocycles. The molecular weight excluding hydrogens is 435 g/mol. The minimum atomic E-state index is -1.01. The highest BCUT2D eigenvalue weighted by molar-refractivity contribution is 6.38. The zero-order valence-electron chi connectivity index (χ0n) is 20.7. The summed E-state index contributed by atoms with van der Waals surface area (Å²) in [5.74, 6) is 0.545. The highest BCUT2D eigenvalue weighted by Gasteiger charge is 2.21. The van der Waals surface area contributed by atoms with E-state index in [1.54, 1.807) is 13.0 Å². The largest absolute Gasteiger partial charge is 0.381 e. The molecule has 2 aliphatic heterocycles. The number of nitrogens with zero attached hydrogens (tertiary/aromatic N) is 5. The maximum absolute atomic E-state index is 14.2. The van der Waals surface area contributed by atoms with Crippen molar-refractivity contribution < 1.29 is 13.9 Å². The van der Waals surface area contributed by atoms with E-state index >= 15 is 0 Å². The number of amides is 1. The zero-order chi connectivity index (χ0) is 24.5. The van der Waals surface area contributed by atoms with Gasteiger partial charge in [-0.05, 0) is 59.7 Å². The lowest BCUT2D eigenvalue weighted by atomic mass is 10.0. The summed E-state index contributed by atoms with van der Waals surface area (Å²) in [5.41, 5.74) is 1.59. The molecule has 1 N–H and O–H groups in total. The SMILES string of the molecule is CC(=Nc1c(C)ncnc1N1/C=C/CC(F)/C=C/C(CCN(C)C)C1)C(=O)NC1CCOCC1. The number of carbonyl (C=O) groups excluding carboxylic acids is 1. The van der Waals surface area contributed by atoms with Crippen molar-refractivity contribution in [1.29, 1.82) is 0 Å². The first kappa shape index (κ1) is 26.0. The number of anilines is 1. The van der Waals surface area contributed by atoms with Crippen molar-refractivity contribution in [1.82, 2.24) is 20.2 Å². The molecule has 1 aromatic heterocycles. The smallest absolute Gasteiger partial charge is 0.265 e. The number of halogens is 1. The molecule has 9 heteroatoms. The summed E-state index contributed by atoms with van der Waals surface area (Å²) < 4.78 is 19.6. The van der Waals surface area contributed by atoms with E-state index in [1.165, 1.54) is 6.33 Å². The number of nitrogens with one attached hydrogen (secondary N) is 1. The van der Waals surface area contributed by atoms with Crippen LogP contribution in [0.3, 0.4) is 0 Å². The van der Waals surface area contributed by atoms with Gasteiger partial charge >= 0.3 is 0 Å². The number of aliphatic imine (C=N–C) groups is 1. The standard InChI is InChI=1S/C25H37FN6O2/c1-18-23(29-19(2)25(33)30-22-10-14-34-15-11-22)24(28-17-27-18)32-12-5-6-21(26)8-7-20(16-32)9-13-31(3)4/h5,7-8,12,17,20-22H,6,9-11,13-16H2,1-4H3,(H,30,33)/b8-7+,12-5+,29-19?. The molecule has 3 rings (SSSR count). The first-order chi connectivity index (χ1) is 16.3. The second kappa shape index (κ2) is 12.7. The van der Waals surface area contributed by atoms with E-state index in [-0.39, 0.29) is 17.9 Å². The number of aryl methyl sites for hydroxylation is 1. The number of hydrogen-bond acceptors (Lipinski definition) is 7. The van der Waals surface area contributed by atoms with Gasteiger partial charge in [0.05, 0.1) is 5.69 Å². The van der Waals surface area contributed by atoms with Gasteiger partial charge in [0.15, 0.2) is 5.82 Å². The van der Waals surface area contributed by atoms with Gasteiger partial charge in [0.2, 0.25) is 0 Å². The highest BCUT2D eigenvalue weighted by atomic mass is 19.1. The maximum atomic E-state index is 14.2. The molecule has 0 saturated carbocycles. The van der Waals surface area contributed by atoms with E-state index in [0.29, 0.717) is 49.1 Å². The zero-order valence-corrected chi connectivity index (χ0v) is 20.7. The van der Waals surface area contributed by atoms with Crippen LogP contribution < -0.4 is 10.2 Å². The van der Waals surface area contributed by atoms with Crippen molar-refractivity contribution in [3.8, 4) is 0 Å². The van der Waals surface area contributed by atoms with Gasteiger partial charge in [-0.25, -0.2) is 19.4 Å². The van der Waals surface area contributed by atoms with Crippen LogP contribution in [0.5, 0.6) is 0 Å². The lowest BCUT2D eigenvalue weighted by molar-refractivity contribution is -0.116. The van der Waals surface area contributed by atoms with Crippen molar-refractivity contribution in [3.05, 3.63) is 36.4 Å². The monoisotopic (exact) mass is 472 g/mol. The Labute approximate surface area is 202 Å². The van der Waals surface area contributed by atoms with Crippen LogP contribution in [0.15, 0.2) is 35.7 Å². The number of hydrogen-bond donors (Lipinski definition) is 1. The molecule has 0 radical (unpaired) electrons. The van der Waals surface area contributed by atoms with Crippen LogP contribution in [0.4, 0.5) is 15.9 Å². The Morgan fingerprint density at radius 1 is 1.29 bits per heavy atom. The van der Waals surface area contributed by atoms with E-state index in [4.69, 9.17) is 4.74 Å². The molecular formula is C25H37FN6O2. The molecule has 0 bridgehead atoms. The fraction of sp³-hybridized carbons (Fsp3) is 0.600. The third-order valence-corrected chi connectivity index (χ3v) is 6.04. The third-order valence-electron chi connectivity index (χ3n) is 6.04. The second-order valence-electron chi connectivity index (χ2n) is 9.21. The van der Waals surface area contributed by atoms with Gasteiger partial charge in [-0.2, -0.15) is 0 Å². The summed E-state index contributed by atoms with van der Waals surface area (Å²) in [6, 6.07) is 0.0953. The molecule has 1 aromatic rings. The van der Waals surface area contributed by atoms with E-state index in [1.807, 2.05) is 44.3 Å². The van der Waals surface area contributed by atoms with E-state index in [9.17, 15) is 9.18 Å². The Morgan fingerprint density at radius 2 is 2.06 bits per heavy atom. The Hall–Kier alpha value is -2.65. The quantitative estimate of drug-likeness (QED) is 0.484. The number of carbonyl (C=O) groups is 1. The Kier molecular flexibility index (Phi) is 9.71. The number of alkyl halides is 1. The van der Waals surface area contributed by atoms with Crippen molar-refractivity contribution >= 4 is 23.1 Å². The molecule has 2 unspecified atom stereocenters. The lowest BCUT2D eigenvalue weighted by Gasteiger charge is -2.26. The van der Waals surface area contributed by atoms with E-state index in [2.05, 4.69) is 25.2 Å². The average molecular weight is 473 g/mol. The summed E-state index contributed by atoms with van der Waals surface area (Å²) in [4.78, 5) is 30.4. The molecule has 0 spiro atoms. The van der Waals surface area contributed by atoms with Gasteiger partial charge in [0.25, 0.3) is 5.91 Å². The predicted octanol–water partition coefficient (Wildman–Crippen LogP) is 3.36. The van der Waals surface area contributed by atoms with Crippen molar-refractivity contribution in [3.63, 3.8) is 0 Å². The summed E-state index contributed by atoms with van der Waals surface area (Å²) in [7, 11) is 4.06. The van der Waals surface area contributed by atoms with Gasteiger partial charge in [0.1, 0.15) is 23.9 Å². The summed E-state index contributed by atoms with van der Waals surface area (Å²) in [6.07, 6.45) is 10.6. The van der Waals surface area contributed by atoms with Crippen LogP contribution in [0.25, 0.3) is 0 Å². The van der Waals surface area contributed by atoms with Gasteiger partial charge in [-0.15, -0.1) is 0 Å². The van der Waals surface area contributed by atoms with Gasteiger partial charge in [-0.3, -0.25) is 4.79 Å². The van der Waals surface area contributed by atoms with Gasteiger partial charge in [0, 0.05) is 38.4 Å². The average Bonchev–Trinajstić information content (AvgIpc) is 2.90. The van der Waals surface area contributed by atoms with E-state index < -0.39 is 6.17 Å². The van der Waals surface area contributed by atoms with Crippen molar-refractivity contribution in [2.45, 2.75) is 51.7 Å². The van der Waals surface area contributed by atoms with Crippen LogP contribution >= 0.6 is 0 Å². The first-order valence-electron chi connectivity index (χ1n) is 12.0. The minimum absolute atomic E-state index is 0.0953. The molecule has 1 fully saturated rings. The van der Waals surface area contributed by atoms with Gasteiger partial charge < -0.3 is 19.9 Å². The topological polar surface area (TPSA) is 83.0 Å². The van der Waals surface area contributed by atoms with Crippen LogP contribution in [0, 0.1) is 12.8 Å². The highest BCUT2D eigenvalue weighted by Crippen LogP contribution is 2.31. The molecule has 186 valence electrons. The molecule has 1 saturated heterocycles. The van der Waals surface area contributed by atoms with E-state index in [0.717, 1.165) is 25.8 Å². The van der Waals surface area contributed by atoms with Crippen LogP contribution in [-0.2, 0) is 9.53 Å². The minimum Gasteiger partial charge on any atom is -0.381 e. The Morgan fingerprint density at radius 3 is 2.79 bits per heavy atom. The molecule has 34 heavy (non-hydrogen) atoms. The predicted molar refractivity (Wildman–Crippen MR) is 133 cm³/mol. The number of ether oxygens (including phenoxy) is 1. The molecule has 2 aliphatic rings. The fourth-order valence-corrected chi connectivity index (χ4v) is 3.96. The maximum Gasteiger partial charge on any atom is 0.265 e. The molecule has 3 heterocycles. The lowest BCUT2D eigenvalue weighted by Crippen LogP contribution is -2.41. The summed E-state index contributed by atoms with van der Waals surface area (Å²) in [6.45, 7) is 6.38. The Balaban J connectivity index is 1.86. The number of rotatable bonds is 7. The Bertz CT molecular complexity index is 911. The second-order valence-corrected chi connectivity index (χ2v) is 9.21. The number of aromatic nitrogens is 2. The normalized spacial score (nSPS) is 24.3. The molecule has 2 atom stereocenters. The summed E-state index contributed by atoms with van der Waals surface area (Å²) in [5, 5.41) is 3.05. The number of allylic oxidation sites excluding steroid dienone is 2. The van der Waals surface area contributed by atoms with Crippen LogP contribution in [0.1, 0.15) is 38.3 Å². The molecule has 1 amide bonds. The molecule has 0 aromatic carbocycles. The molecule has 8 nitrogen and oxygen atoms in total. The summed E-state index contributed by atoms with van der Waals surface area (Å²) >= 11 is 0. The van der Waals surface area contributed by atoms with Crippen LogP contribution in [0.2, 0.25) is 0 Å². The van der Waals surface area contributed by atoms with Crippen molar-refractivity contribution in [2.75, 3.05) is 45.3 Å². The third kappa shape index (κ3) is 7.70. The first-order valence-corrected chi connectivity index (χ1v) is 12.0. The van der Waals surface area contributed by atoms with Crippen molar-refractivity contribution in [2.24, 2.45) is 10.9 Å². The fourth-order valence-electron chi connectivity index (χ4n) is 3.96. The van der Waals surface area contributed by atoms with Gasteiger partial charge in [-0.1, -0.05) is 18.2 Å².